The molecule has 0 saturated carbocycles. The van der Waals surface area contributed by atoms with Gasteiger partial charge in [-0.25, -0.2) is 0 Å². The van der Waals surface area contributed by atoms with E-state index >= 15 is 0 Å². The van der Waals surface area contributed by atoms with Crippen molar-refractivity contribution in [3.05, 3.63) is 22.7 Å². The van der Waals surface area contributed by atoms with Gasteiger partial charge in [0.25, 0.3) is 5.91 Å². The fraction of sp³-hybridized carbons (Fsp3) is 0.667. The monoisotopic (exact) mass is 480 g/mol. The van der Waals surface area contributed by atoms with Crippen molar-refractivity contribution in [2.75, 3.05) is 52.7 Å². The largest absolute Gasteiger partial charge is 0.496 e. The molecule has 1 unspecified atom stereocenters. The van der Waals surface area contributed by atoms with E-state index < -0.39 is 0 Å². The predicted octanol–water partition coefficient (Wildman–Crippen LogP) is 2.79. The summed E-state index contributed by atoms with van der Waals surface area (Å²) in [4.78, 5) is 30.0. The van der Waals surface area contributed by atoms with Gasteiger partial charge in [-0.3, -0.25) is 9.59 Å². The number of carbonyl (C=O) groups excluding carboxylic acids is 2. The smallest absolute Gasteiger partial charge is 0.255 e. The molecule has 8 nitrogen and oxygen atoms in total. The van der Waals surface area contributed by atoms with Crippen LogP contribution in [0.3, 0.4) is 0 Å². The Kier molecular flexibility index (Phi) is 9.23. The highest BCUT2D eigenvalue weighted by Gasteiger charge is 2.32. The van der Waals surface area contributed by atoms with Gasteiger partial charge in [-0.15, -0.1) is 0 Å². The lowest BCUT2D eigenvalue weighted by molar-refractivity contribution is -0.136. The molecule has 0 aliphatic carbocycles. The summed E-state index contributed by atoms with van der Waals surface area (Å²) < 4.78 is 11.0. The zero-order chi connectivity index (χ0) is 24.0. The lowest BCUT2D eigenvalue weighted by atomic mass is 9.99. The fourth-order valence-electron chi connectivity index (χ4n) is 4.67. The summed E-state index contributed by atoms with van der Waals surface area (Å²) in [7, 11) is 3.16. The Bertz CT molecular complexity index is 831. The van der Waals surface area contributed by atoms with E-state index in [1.165, 1.54) is 19.6 Å². The van der Waals surface area contributed by atoms with E-state index in [4.69, 9.17) is 26.8 Å². The number of rotatable bonds is 8. The number of nitrogen functional groups attached to an aromatic ring is 1. The van der Waals surface area contributed by atoms with Crippen molar-refractivity contribution in [3.63, 3.8) is 0 Å². The van der Waals surface area contributed by atoms with E-state index in [9.17, 15) is 9.59 Å². The van der Waals surface area contributed by atoms with Crippen molar-refractivity contribution in [3.8, 4) is 5.75 Å². The van der Waals surface area contributed by atoms with Crippen molar-refractivity contribution in [2.24, 2.45) is 5.92 Å². The van der Waals surface area contributed by atoms with Crippen LogP contribution in [0.25, 0.3) is 0 Å². The molecule has 1 aromatic rings. The summed E-state index contributed by atoms with van der Waals surface area (Å²) in [6.45, 7) is 6.18. The van der Waals surface area contributed by atoms with Gasteiger partial charge in [0.2, 0.25) is 5.91 Å². The summed E-state index contributed by atoms with van der Waals surface area (Å²) in [5.74, 6) is 0.406. The highest BCUT2D eigenvalue weighted by molar-refractivity contribution is 6.33. The fourth-order valence-corrected chi connectivity index (χ4v) is 4.84. The van der Waals surface area contributed by atoms with Gasteiger partial charge in [0.15, 0.2) is 0 Å². The molecule has 2 amide bonds. The van der Waals surface area contributed by atoms with E-state index in [2.05, 4.69) is 10.2 Å². The van der Waals surface area contributed by atoms with Gasteiger partial charge in [0, 0.05) is 45.3 Å². The van der Waals surface area contributed by atoms with Crippen LogP contribution in [0, 0.1) is 5.92 Å². The predicted molar refractivity (Wildman–Crippen MR) is 130 cm³/mol. The van der Waals surface area contributed by atoms with E-state index in [1.807, 2.05) is 11.8 Å². The van der Waals surface area contributed by atoms with Crippen LogP contribution in [0.15, 0.2) is 12.1 Å². The van der Waals surface area contributed by atoms with Gasteiger partial charge < -0.3 is 30.3 Å². The number of nitrogens with zero attached hydrogens (tertiary/aromatic N) is 2. The molecule has 9 heteroatoms. The number of hydrogen-bond donors (Lipinski definition) is 2. The van der Waals surface area contributed by atoms with E-state index in [0.29, 0.717) is 28.6 Å². The van der Waals surface area contributed by atoms with Crippen LogP contribution in [0.2, 0.25) is 5.02 Å². The summed E-state index contributed by atoms with van der Waals surface area (Å²) in [5, 5.41) is 3.39. The average molecular weight is 481 g/mol. The Morgan fingerprint density at radius 2 is 1.94 bits per heavy atom. The molecule has 33 heavy (non-hydrogen) atoms. The number of carbonyl (C=O) groups is 2. The maximum Gasteiger partial charge on any atom is 0.255 e. The molecule has 0 aromatic heterocycles. The number of benzene rings is 1. The molecule has 2 saturated heterocycles. The Balaban J connectivity index is 1.52. The average Bonchev–Trinajstić information content (AvgIpc) is 2.84. The van der Waals surface area contributed by atoms with Crippen LogP contribution in [0.1, 0.15) is 49.4 Å². The van der Waals surface area contributed by atoms with Crippen LogP contribution < -0.4 is 15.8 Å². The number of amides is 2. The van der Waals surface area contributed by atoms with Gasteiger partial charge in [0.05, 0.1) is 35.5 Å². The van der Waals surface area contributed by atoms with E-state index in [1.54, 1.807) is 13.2 Å². The van der Waals surface area contributed by atoms with Crippen molar-refractivity contribution in [2.45, 2.75) is 51.2 Å². The summed E-state index contributed by atoms with van der Waals surface area (Å²) in [5.41, 5.74) is 6.53. The van der Waals surface area contributed by atoms with Crippen LogP contribution in [0.5, 0.6) is 5.75 Å². The molecule has 1 aromatic carbocycles. The number of nitrogens with one attached hydrogen (secondary N) is 1. The first kappa shape index (κ1) is 25.6. The minimum absolute atomic E-state index is 0.0178. The maximum atomic E-state index is 12.9. The highest BCUT2D eigenvalue weighted by Crippen LogP contribution is 2.29. The Hall–Kier alpha value is -2.03. The molecule has 184 valence electrons. The summed E-state index contributed by atoms with van der Waals surface area (Å²) in [6, 6.07) is 2.95. The molecule has 0 bridgehead atoms. The van der Waals surface area contributed by atoms with Crippen LogP contribution in [0.4, 0.5) is 5.69 Å². The third kappa shape index (κ3) is 6.52. The lowest BCUT2D eigenvalue weighted by Crippen LogP contribution is -2.55. The first-order valence-electron chi connectivity index (χ1n) is 11.8. The quantitative estimate of drug-likeness (QED) is 0.555. The minimum atomic E-state index is -0.269. The summed E-state index contributed by atoms with van der Waals surface area (Å²) in [6.07, 6.45) is 4.88. The topological polar surface area (TPSA) is 97.1 Å². The molecule has 3 atom stereocenters. The second-order valence-corrected chi connectivity index (χ2v) is 9.50. The number of likely N-dealkylation sites (tertiary alicyclic amines) is 2. The van der Waals surface area contributed by atoms with E-state index in [-0.39, 0.29) is 29.9 Å². The van der Waals surface area contributed by atoms with Crippen LogP contribution in [-0.4, -0.2) is 80.7 Å². The van der Waals surface area contributed by atoms with Crippen molar-refractivity contribution in [1.82, 2.24) is 15.1 Å². The molecular weight excluding hydrogens is 444 g/mol. The second kappa shape index (κ2) is 11.9. The molecule has 3 N–H and O–H groups in total. The van der Waals surface area contributed by atoms with Crippen LogP contribution >= 0.6 is 11.6 Å². The molecule has 0 spiro atoms. The van der Waals surface area contributed by atoms with Gasteiger partial charge in [-0.05, 0) is 44.7 Å². The lowest BCUT2D eigenvalue weighted by Gasteiger charge is -2.38. The third-order valence-electron chi connectivity index (χ3n) is 6.79. The van der Waals surface area contributed by atoms with Gasteiger partial charge in [0.1, 0.15) is 5.75 Å². The number of hydrogen-bond acceptors (Lipinski definition) is 6. The highest BCUT2D eigenvalue weighted by atomic mass is 35.5. The van der Waals surface area contributed by atoms with Crippen molar-refractivity contribution < 1.29 is 19.1 Å². The Morgan fingerprint density at radius 1 is 1.21 bits per heavy atom. The molecule has 0 radical (unpaired) electrons. The molecule has 2 aliphatic rings. The minimum Gasteiger partial charge on any atom is -0.496 e. The Morgan fingerprint density at radius 3 is 2.61 bits per heavy atom. The molecule has 2 aliphatic heterocycles. The standard InChI is InChI=1S/C24H37ClN4O4/c1-16(24(31)29-9-5-4-6-10-29)7-11-28-12-8-20(22(15-28)33-3)27-23(30)17-13-18(25)19(26)14-21(17)32-2/h13-14,16,20,22H,4-12,15,26H2,1-3H3,(H,27,30)/t16?,20-,22+/m0/s1. The zero-order valence-electron chi connectivity index (χ0n) is 19.9. The van der Waals surface area contributed by atoms with E-state index in [0.717, 1.165) is 51.9 Å². The first-order chi connectivity index (χ1) is 15.8. The zero-order valence-corrected chi connectivity index (χ0v) is 20.7. The maximum absolute atomic E-state index is 12.9. The number of halogens is 1. The number of ether oxygens (including phenoxy) is 2. The normalized spacial score (nSPS) is 22.6. The molecule has 2 fully saturated rings. The molecule has 3 rings (SSSR count). The first-order valence-corrected chi connectivity index (χ1v) is 12.2. The Labute approximate surface area is 201 Å². The van der Waals surface area contributed by atoms with Gasteiger partial charge in [-0.1, -0.05) is 18.5 Å². The van der Waals surface area contributed by atoms with Gasteiger partial charge in [-0.2, -0.15) is 0 Å². The number of piperidine rings is 2. The SMILES string of the molecule is COc1cc(N)c(Cl)cc1C(=O)N[C@H]1CCN(CCC(C)C(=O)N2CCCCC2)C[C@H]1OC. The number of methoxy groups -OCH3 is 2. The van der Waals surface area contributed by atoms with Crippen molar-refractivity contribution in [1.29, 1.82) is 0 Å². The number of anilines is 1. The van der Waals surface area contributed by atoms with Crippen LogP contribution in [-0.2, 0) is 9.53 Å². The molecular formula is C24H37ClN4O4. The molecule has 2 heterocycles. The number of nitrogens with two attached hydrogens (primary N) is 1. The van der Waals surface area contributed by atoms with Crippen molar-refractivity contribution >= 4 is 29.1 Å². The third-order valence-corrected chi connectivity index (χ3v) is 7.12. The summed E-state index contributed by atoms with van der Waals surface area (Å²) >= 11 is 6.12. The van der Waals surface area contributed by atoms with Gasteiger partial charge >= 0.3 is 0 Å². The second-order valence-electron chi connectivity index (χ2n) is 9.09.